The first-order chi connectivity index (χ1) is 5.27. The zero-order valence-corrected chi connectivity index (χ0v) is 7.11. The van der Waals surface area contributed by atoms with E-state index in [9.17, 15) is 9.00 Å². The normalized spacial score (nSPS) is 17.0. The lowest BCUT2D eigenvalue weighted by molar-refractivity contribution is -0.104. The number of allylic oxidation sites excluding steroid dienone is 4. The molecule has 4 heteroatoms. The maximum absolute atomic E-state index is 10.3. The Labute approximate surface area is 72.6 Å². The highest BCUT2D eigenvalue weighted by Crippen LogP contribution is 2.18. The lowest BCUT2D eigenvalue weighted by Crippen LogP contribution is -2.01. The van der Waals surface area contributed by atoms with Crippen molar-refractivity contribution in [2.75, 3.05) is 0 Å². The third-order valence-electron chi connectivity index (χ3n) is 1.33. The maximum Gasteiger partial charge on any atom is 0.151 e. The molecule has 0 heterocycles. The van der Waals surface area contributed by atoms with Crippen molar-refractivity contribution in [1.29, 1.82) is 0 Å². The molecule has 58 valence electrons. The summed E-state index contributed by atoms with van der Waals surface area (Å²) in [4.78, 5) is 10.9. The standard InChI is InChI=1S/C7H5ClO2S/c8-7-3-6(11-10)2-1-5(7)4-9/h1-2,4H,3H2. The molecule has 0 spiro atoms. The molecule has 0 radical (unpaired) electrons. The fourth-order valence-corrected chi connectivity index (χ4v) is 1.41. The first-order valence-corrected chi connectivity index (χ1v) is 4.07. The lowest BCUT2D eigenvalue weighted by atomic mass is 10.1. The molecule has 0 N–H and O–H groups in total. The Kier molecular flexibility index (Phi) is 2.79. The van der Waals surface area contributed by atoms with E-state index in [-0.39, 0.29) is 0 Å². The van der Waals surface area contributed by atoms with Crippen molar-refractivity contribution < 1.29 is 9.00 Å². The molecule has 0 unspecified atom stereocenters. The zero-order valence-electron chi connectivity index (χ0n) is 5.54. The molecule has 0 fully saturated rings. The van der Waals surface area contributed by atoms with E-state index >= 15 is 0 Å². The molecule has 0 aliphatic heterocycles. The van der Waals surface area contributed by atoms with Crippen LogP contribution in [-0.2, 0) is 16.1 Å². The van der Waals surface area contributed by atoms with Gasteiger partial charge in [-0.25, -0.2) is 4.21 Å². The third kappa shape index (κ3) is 1.88. The fraction of sp³-hybridized carbons (Fsp3) is 0.143. The number of hydrogen-bond donors (Lipinski definition) is 0. The Morgan fingerprint density at radius 2 is 2.27 bits per heavy atom. The summed E-state index contributed by atoms with van der Waals surface area (Å²) in [6.45, 7) is 0. The molecule has 1 aliphatic carbocycles. The second-order valence-electron chi connectivity index (χ2n) is 2.04. The SMILES string of the molecule is O=CC1=C(Cl)CC(=S=O)C=C1. The van der Waals surface area contributed by atoms with Crippen molar-refractivity contribution in [3.63, 3.8) is 0 Å². The quantitative estimate of drug-likeness (QED) is 0.455. The number of carbonyl (C=O) groups excluding carboxylic acids is 1. The second-order valence-corrected chi connectivity index (χ2v) is 3.19. The van der Waals surface area contributed by atoms with Gasteiger partial charge in [-0.05, 0) is 12.2 Å². The topological polar surface area (TPSA) is 34.1 Å². The van der Waals surface area contributed by atoms with Gasteiger partial charge in [-0.1, -0.05) is 11.6 Å². The molecule has 11 heavy (non-hydrogen) atoms. The second kappa shape index (κ2) is 3.64. The van der Waals surface area contributed by atoms with E-state index in [1.807, 2.05) is 0 Å². The Balaban J connectivity index is 2.99. The largest absolute Gasteiger partial charge is 0.298 e. The summed E-state index contributed by atoms with van der Waals surface area (Å²) in [6, 6.07) is 0. The van der Waals surface area contributed by atoms with Crippen LogP contribution in [0.1, 0.15) is 6.42 Å². The summed E-state index contributed by atoms with van der Waals surface area (Å²) in [5.74, 6) is 0. The van der Waals surface area contributed by atoms with Gasteiger partial charge in [-0.15, -0.1) is 0 Å². The monoisotopic (exact) mass is 188 g/mol. The molecule has 2 nitrogen and oxygen atoms in total. The fourth-order valence-electron chi connectivity index (χ4n) is 0.748. The van der Waals surface area contributed by atoms with Crippen LogP contribution < -0.4 is 0 Å². The van der Waals surface area contributed by atoms with Crippen LogP contribution in [0.4, 0.5) is 0 Å². The average Bonchev–Trinajstić information content (AvgIpc) is 2.04. The minimum Gasteiger partial charge on any atom is -0.298 e. The Hall–Kier alpha value is -0.670. The van der Waals surface area contributed by atoms with Crippen LogP contribution in [0.2, 0.25) is 0 Å². The smallest absolute Gasteiger partial charge is 0.151 e. The van der Waals surface area contributed by atoms with Crippen molar-refractivity contribution in [2.45, 2.75) is 6.42 Å². The lowest BCUT2D eigenvalue weighted by Gasteiger charge is -2.04. The van der Waals surface area contributed by atoms with Gasteiger partial charge in [0.1, 0.15) is 0 Å². The highest BCUT2D eigenvalue weighted by atomic mass is 35.5. The van der Waals surface area contributed by atoms with E-state index in [0.29, 0.717) is 39.4 Å². The van der Waals surface area contributed by atoms with E-state index < -0.39 is 0 Å². The van der Waals surface area contributed by atoms with E-state index in [1.54, 1.807) is 12.2 Å². The van der Waals surface area contributed by atoms with Crippen LogP contribution in [0.5, 0.6) is 0 Å². The molecular formula is C7H5ClO2S. The summed E-state index contributed by atoms with van der Waals surface area (Å²) < 4.78 is 10.3. The number of hydrogen-bond acceptors (Lipinski definition) is 2. The van der Waals surface area contributed by atoms with Gasteiger partial charge < -0.3 is 0 Å². The van der Waals surface area contributed by atoms with E-state index in [1.165, 1.54) is 0 Å². The van der Waals surface area contributed by atoms with Gasteiger partial charge in [0.2, 0.25) is 0 Å². The third-order valence-corrected chi connectivity index (χ3v) is 2.17. The minimum absolute atomic E-state index is 0.389. The van der Waals surface area contributed by atoms with Crippen molar-refractivity contribution in [1.82, 2.24) is 0 Å². The molecule has 0 aromatic carbocycles. The van der Waals surface area contributed by atoms with Crippen LogP contribution in [0.15, 0.2) is 22.8 Å². The summed E-state index contributed by atoms with van der Waals surface area (Å²) >= 11 is 6.09. The van der Waals surface area contributed by atoms with Gasteiger partial charge in [0.15, 0.2) is 6.29 Å². The molecule has 0 atom stereocenters. The van der Waals surface area contributed by atoms with E-state index in [4.69, 9.17) is 11.6 Å². The molecule has 0 amide bonds. The maximum atomic E-state index is 10.3. The molecule has 0 aromatic rings. The molecule has 0 aromatic heterocycles. The number of aldehydes is 1. The van der Waals surface area contributed by atoms with Crippen molar-refractivity contribution >= 4 is 34.0 Å². The van der Waals surface area contributed by atoms with Gasteiger partial charge in [-0.3, -0.25) is 4.79 Å². The predicted octanol–water partition coefficient (Wildman–Crippen LogP) is 1.02. The number of rotatable bonds is 1. The van der Waals surface area contributed by atoms with Crippen LogP contribution in [0, 0.1) is 0 Å². The first-order valence-electron chi connectivity index (χ1n) is 2.95. The van der Waals surface area contributed by atoms with E-state index in [0.717, 1.165) is 0 Å². The number of halogens is 1. The van der Waals surface area contributed by atoms with Crippen LogP contribution in [0.3, 0.4) is 0 Å². The molecular weight excluding hydrogens is 184 g/mol. The van der Waals surface area contributed by atoms with Crippen molar-refractivity contribution in [3.8, 4) is 0 Å². The highest BCUT2D eigenvalue weighted by Gasteiger charge is 2.08. The van der Waals surface area contributed by atoms with Gasteiger partial charge in [0.25, 0.3) is 0 Å². The molecule has 0 saturated carbocycles. The molecule has 1 aliphatic rings. The number of carbonyl (C=O) groups is 1. The first kappa shape index (κ1) is 8.43. The zero-order chi connectivity index (χ0) is 8.27. The summed E-state index contributed by atoms with van der Waals surface area (Å²) in [7, 11) is 0. The summed E-state index contributed by atoms with van der Waals surface area (Å²) in [5, 5.41) is 0.445. The molecule has 0 saturated heterocycles. The predicted molar refractivity (Wildman–Crippen MR) is 45.8 cm³/mol. The highest BCUT2D eigenvalue weighted by molar-refractivity contribution is 7.67. The molecule has 0 bridgehead atoms. The van der Waals surface area contributed by atoms with Gasteiger partial charge in [0.05, 0.1) is 16.1 Å². The molecule has 1 rings (SSSR count). The average molecular weight is 189 g/mol. The van der Waals surface area contributed by atoms with Crippen LogP contribution >= 0.6 is 11.6 Å². The van der Waals surface area contributed by atoms with Crippen LogP contribution in [-0.4, -0.2) is 15.4 Å². The minimum atomic E-state index is 0.389. The summed E-state index contributed by atoms with van der Waals surface area (Å²) in [6.07, 6.45) is 4.25. The van der Waals surface area contributed by atoms with Gasteiger partial charge >= 0.3 is 0 Å². The van der Waals surface area contributed by atoms with Crippen molar-refractivity contribution in [2.24, 2.45) is 0 Å². The van der Waals surface area contributed by atoms with Crippen molar-refractivity contribution in [3.05, 3.63) is 22.8 Å². The summed E-state index contributed by atoms with van der Waals surface area (Å²) in [5.41, 5.74) is 0.462. The Morgan fingerprint density at radius 1 is 1.55 bits per heavy atom. The van der Waals surface area contributed by atoms with Crippen LogP contribution in [0.25, 0.3) is 0 Å². The Bertz CT molecular complexity index is 298. The van der Waals surface area contributed by atoms with E-state index in [2.05, 4.69) is 0 Å². The van der Waals surface area contributed by atoms with Gasteiger partial charge in [-0.2, -0.15) is 0 Å². The van der Waals surface area contributed by atoms with Gasteiger partial charge in [0, 0.05) is 17.0 Å². The Morgan fingerprint density at radius 3 is 2.73 bits per heavy atom.